The van der Waals surface area contributed by atoms with Gasteiger partial charge in [0.25, 0.3) is 0 Å². The van der Waals surface area contributed by atoms with E-state index >= 15 is 0 Å². The molecule has 8 aliphatic rings. The Kier molecular flexibility index (Phi) is 45.4. The summed E-state index contributed by atoms with van der Waals surface area (Å²) < 4.78 is 42.6. The quantitative estimate of drug-likeness (QED) is 0.231. The molecule has 16 nitrogen and oxygen atoms in total. The molecule has 2 unspecified atom stereocenters. The van der Waals surface area contributed by atoms with Crippen molar-refractivity contribution in [1.29, 1.82) is 0 Å². The highest BCUT2D eigenvalue weighted by atomic mass is 16.5. The lowest BCUT2D eigenvalue weighted by Gasteiger charge is -2.18. The van der Waals surface area contributed by atoms with Crippen molar-refractivity contribution < 1.29 is 37.9 Å². The Balaban J connectivity index is -0.000000824. The summed E-state index contributed by atoms with van der Waals surface area (Å²) in [5.74, 6) is 11.0. The van der Waals surface area contributed by atoms with Crippen LogP contribution in [0, 0.1) is 47.3 Å². The van der Waals surface area contributed by atoms with Gasteiger partial charge in [-0.2, -0.15) is 0 Å². The molecular formula is C63H124N8O8. The molecule has 8 heterocycles. The topological polar surface area (TPSA) is 173 Å². The summed E-state index contributed by atoms with van der Waals surface area (Å²) in [7, 11) is 0. The maximum Gasteiger partial charge on any atom is 0.186 e. The Morgan fingerprint density at radius 2 is 0.785 bits per heavy atom. The smallest absolute Gasteiger partial charge is 0.186 e. The van der Waals surface area contributed by atoms with Crippen molar-refractivity contribution >= 4 is 47.2 Å². The van der Waals surface area contributed by atoms with Crippen molar-refractivity contribution in [2.45, 2.75) is 236 Å². The fraction of sp³-hybridized carbons (Fsp3) is 0.873. The van der Waals surface area contributed by atoms with Gasteiger partial charge in [0.15, 0.2) is 47.2 Å². The zero-order chi connectivity index (χ0) is 61.3. The Hall–Kier alpha value is -4.24. The summed E-state index contributed by atoms with van der Waals surface area (Å²) in [5.41, 5.74) is -0.0425. The first-order chi connectivity index (χ1) is 37.1. The largest absolute Gasteiger partial charge is 0.481 e. The van der Waals surface area contributed by atoms with Crippen LogP contribution in [0.3, 0.4) is 0 Å². The second-order valence-electron chi connectivity index (χ2n) is 22.9. The van der Waals surface area contributed by atoms with Gasteiger partial charge in [-0.25, -0.2) is 9.98 Å². The van der Waals surface area contributed by atoms with Crippen molar-refractivity contribution in [2.24, 2.45) is 87.3 Å². The highest BCUT2D eigenvalue weighted by Crippen LogP contribution is 2.21. The molecule has 0 saturated heterocycles. The minimum absolute atomic E-state index is 0.0135. The van der Waals surface area contributed by atoms with Crippen LogP contribution in [0.2, 0.25) is 0 Å². The zero-order valence-corrected chi connectivity index (χ0v) is 56.2. The molecule has 16 heteroatoms. The number of rotatable bonds is 8. The van der Waals surface area contributed by atoms with E-state index in [9.17, 15) is 0 Å². The molecule has 0 bridgehead atoms. The highest BCUT2D eigenvalue weighted by molar-refractivity contribution is 5.82. The van der Waals surface area contributed by atoms with Crippen LogP contribution in [-0.2, 0) is 37.9 Å². The maximum absolute atomic E-state index is 5.56. The molecule has 0 fully saturated rings. The highest BCUT2D eigenvalue weighted by Gasteiger charge is 2.29. The molecule has 0 N–H and O–H groups in total. The van der Waals surface area contributed by atoms with Crippen LogP contribution in [0.4, 0.5) is 0 Å². The van der Waals surface area contributed by atoms with Crippen LogP contribution in [0.5, 0.6) is 0 Å². The van der Waals surface area contributed by atoms with E-state index in [1.54, 1.807) is 0 Å². The zero-order valence-electron chi connectivity index (χ0n) is 56.2. The molecule has 0 spiro atoms. The molecule has 0 amide bonds. The molecule has 8 aliphatic heterocycles. The average Bonchev–Trinajstić information content (AvgIpc) is 4.30. The maximum atomic E-state index is 5.56. The van der Waals surface area contributed by atoms with E-state index in [1.807, 2.05) is 48.5 Å². The molecule has 464 valence electrons. The van der Waals surface area contributed by atoms with Gasteiger partial charge in [-0.1, -0.05) is 152 Å². The van der Waals surface area contributed by atoms with Gasteiger partial charge in [-0.3, -0.25) is 30.0 Å². The summed E-state index contributed by atoms with van der Waals surface area (Å²) in [5, 5.41) is 0. The Morgan fingerprint density at radius 1 is 0.392 bits per heavy atom. The summed E-state index contributed by atoms with van der Waals surface area (Å²) in [6.45, 7) is 68.0. The first-order valence-corrected chi connectivity index (χ1v) is 30.7. The number of hydrogen-bond acceptors (Lipinski definition) is 16. The van der Waals surface area contributed by atoms with E-state index in [1.165, 1.54) is 6.42 Å². The molecule has 0 aromatic heterocycles. The van der Waals surface area contributed by atoms with Gasteiger partial charge in [0.2, 0.25) is 0 Å². The molecule has 79 heavy (non-hydrogen) atoms. The Labute approximate surface area is 485 Å². The van der Waals surface area contributed by atoms with Gasteiger partial charge in [-0.15, -0.1) is 0 Å². The van der Waals surface area contributed by atoms with Gasteiger partial charge in [0.05, 0.1) is 51.0 Å². The lowest BCUT2D eigenvalue weighted by molar-refractivity contribution is 0.123. The third-order valence-electron chi connectivity index (χ3n) is 10.7. The normalized spacial score (nSPS) is 20.4. The predicted octanol–water partition coefficient (Wildman–Crippen LogP) is 15.2. The standard InChI is InChI=1S/3C8H15NO.3C7H13NO.2C6H11NO.3C2H6/c1-6(2)7-9-8(3,4)5-10-7;1-6(2)7-9-5-8(3,4)10-7;1-7(2)8-9-5-3-4-6-10-8;1-5(2)7-8-6(3)4-9-7;1-5(2)7-8-4-6(3)9-7;1-6(2)7-8-4-3-5-9-7;2*1-5(2)6-7-3-4-8-6;3*1-2/h2*6H,5H2,1-4H3;7H,3-6H2,1-2H3;2*5-6H,4H2,1-3H3;6H,3-5H2,1-2H3;2*5H,3-4H2,1-2H3;3*1-2H3. The molecule has 0 radical (unpaired) electrons. The van der Waals surface area contributed by atoms with E-state index in [4.69, 9.17) is 37.9 Å². The fourth-order valence-corrected chi connectivity index (χ4v) is 6.66. The van der Waals surface area contributed by atoms with Crippen molar-refractivity contribution in [3.63, 3.8) is 0 Å². The molecule has 2 atom stereocenters. The predicted molar refractivity (Wildman–Crippen MR) is 340 cm³/mol. The van der Waals surface area contributed by atoms with Gasteiger partial charge in [0.1, 0.15) is 38.1 Å². The van der Waals surface area contributed by atoms with Crippen molar-refractivity contribution in [3.05, 3.63) is 0 Å². The third kappa shape index (κ3) is 38.9. The average molecular weight is 1120 g/mol. The fourth-order valence-electron chi connectivity index (χ4n) is 6.66. The van der Waals surface area contributed by atoms with Gasteiger partial charge >= 0.3 is 0 Å². The van der Waals surface area contributed by atoms with Crippen molar-refractivity contribution in [2.75, 3.05) is 78.9 Å². The van der Waals surface area contributed by atoms with E-state index in [-0.39, 0.29) is 11.1 Å². The Bertz CT molecular complexity index is 1780. The second kappa shape index (κ2) is 45.4. The lowest BCUT2D eigenvalue weighted by Crippen LogP contribution is -2.25. The van der Waals surface area contributed by atoms with Crippen molar-refractivity contribution in [3.8, 4) is 0 Å². The monoisotopic (exact) mass is 1120 g/mol. The SMILES string of the molecule is CC.CC.CC.CC(C)C1=NC(C)(C)CO1.CC(C)C1=NCC(C)(C)O1.CC(C)C1=NCCCCO1.CC(C)C1=NCCCO1.CC(C)C1=NCCO1.CC(C)C1=NCCO1.CC1CN=C(C(C)C)O1.CC1COC(C(C)C)=N1. The minimum Gasteiger partial charge on any atom is -0.481 e. The van der Waals surface area contributed by atoms with Crippen molar-refractivity contribution in [1.82, 2.24) is 0 Å². The Morgan fingerprint density at radius 3 is 1.03 bits per heavy atom. The van der Waals surface area contributed by atoms with Crippen LogP contribution in [0.1, 0.15) is 213 Å². The first-order valence-electron chi connectivity index (χ1n) is 30.7. The summed E-state index contributed by atoms with van der Waals surface area (Å²) in [4.78, 5) is 34.0. The number of aliphatic imine (C=N–C) groups is 8. The van der Waals surface area contributed by atoms with Crippen LogP contribution in [0.25, 0.3) is 0 Å². The first kappa shape index (κ1) is 79.0. The van der Waals surface area contributed by atoms with Crippen LogP contribution < -0.4 is 0 Å². The minimum atomic E-state index is -0.0559. The lowest BCUT2D eigenvalue weighted by atomic mass is 10.1. The number of hydrogen-bond donors (Lipinski definition) is 0. The van der Waals surface area contributed by atoms with Gasteiger partial charge in [-0.05, 0) is 54.4 Å². The van der Waals surface area contributed by atoms with Gasteiger partial charge in [0, 0.05) is 66.9 Å². The molecule has 0 aliphatic carbocycles. The van der Waals surface area contributed by atoms with E-state index in [0.717, 1.165) is 139 Å². The van der Waals surface area contributed by atoms with E-state index in [0.29, 0.717) is 59.5 Å². The van der Waals surface area contributed by atoms with E-state index < -0.39 is 0 Å². The molecule has 0 saturated carbocycles. The van der Waals surface area contributed by atoms with Crippen LogP contribution in [-0.4, -0.2) is 149 Å². The molecule has 0 aromatic carbocycles. The van der Waals surface area contributed by atoms with E-state index in [2.05, 4.69) is 185 Å². The third-order valence-corrected chi connectivity index (χ3v) is 10.7. The van der Waals surface area contributed by atoms with Crippen LogP contribution >= 0.6 is 0 Å². The molecular weight excluding hydrogens is 997 g/mol. The van der Waals surface area contributed by atoms with Gasteiger partial charge < -0.3 is 37.9 Å². The number of ether oxygens (including phenoxy) is 8. The summed E-state index contributed by atoms with van der Waals surface area (Å²) >= 11 is 0. The molecule has 0 aromatic rings. The second-order valence-corrected chi connectivity index (χ2v) is 22.9. The summed E-state index contributed by atoms with van der Waals surface area (Å²) in [6.07, 6.45) is 3.72. The summed E-state index contributed by atoms with van der Waals surface area (Å²) in [6, 6.07) is 0.377. The molecule has 8 rings (SSSR count). The van der Waals surface area contributed by atoms with Crippen LogP contribution in [0.15, 0.2) is 39.9 Å². The number of nitrogens with zero attached hydrogens (tertiary/aromatic N) is 8.